The van der Waals surface area contributed by atoms with Gasteiger partial charge >= 0.3 is 0 Å². The largest absolute Gasteiger partial charge is 0.396 e. The van der Waals surface area contributed by atoms with Gasteiger partial charge in [-0.1, -0.05) is 0 Å². The second kappa shape index (κ2) is 6.27. The molecular formula is C7H14O4. The summed E-state index contributed by atoms with van der Waals surface area (Å²) in [6, 6.07) is 0. The van der Waals surface area contributed by atoms with Crippen molar-refractivity contribution >= 4 is 6.29 Å². The van der Waals surface area contributed by atoms with Crippen molar-refractivity contribution in [2.45, 2.75) is 31.5 Å². The van der Waals surface area contributed by atoms with Crippen LogP contribution in [0.15, 0.2) is 0 Å². The minimum atomic E-state index is -0.987. The van der Waals surface area contributed by atoms with Gasteiger partial charge in [0, 0.05) is 13.0 Å². The summed E-state index contributed by atoms with van der Waals surface area (Å²) >= 11 is 0. The van der Waals surface area contributed by atoms with Crippen LogP contribution >= 0.6 is 0 Å². The molecule has 66 valence electrons. The second-order valence-electron chi connectivity index (χ2n) is 2.40. The minimum absolute atomic E-state index is 0.00906. The Bertz CT molecular complexity index is 105. The number of rotatable bonds is 6. The van der Waals surface area contributed by atoms with Crippen LogP contribution in [0, 0.1) is 0 Å². The van der Waals surface area contributed by atoms with Crippen LogP contribution in [0.4, 0.5) is 0 Å². The summed E-state index contributed by atoms with van der Waals surface area (Å²) in [6.45, 7) is -0.00906. The second-order valence-corrected chi connectivity index (χ2v) is 2.40. The molecule has 0 aromatic heterocycles. The lowest BCUT2D eigenvalue weighted by atomic mass is 10.1. The van der Waals surface area contributed by atoms with Crippen molar-refractivity contribution in [3.63, 3.8) is 0 Å². The number of aliphatic hydroxyl groups excluding tert-OH is 3. The van der Waals surface area contributed by atoms with Gasteiger partial charge in [0.05, 0.1) is 12.2 Å². The van der Waals surface area contributed by atoms with E-state index in [4.69, 9.17) is 15.3 Å². The zero-order valence-electron chi connectivity index (χ0n) is 6.31. The SMILES string of the molecule is O=CCC(O)C(O)CCCO. The molecular weight excluding hydrogens is 148 g/mol. The highest BCUT2D eigenvalue weighted by atomic mass is 16.3. The third kappa shape index (κ3) is 4.89. The van der Waals surface area contributed by atoms with E-state index in [0.717, 1.165) is 0 Å². The lowest BCUT2D eigenvalue weighted by molar-refractivity contribution is -0.111. The Morgan fingerprint density at radius 1 is 1.27 bits per heavy atom. The van der Waals surface area contributed by atoms with Crippen molar-refractivity contribution in [3.05, 3.63) is 0 Å². The normalized spacial score (nSPS) is 15.9. The summed E-state index contributed by atoms with van der Waals surface area (Å²) in [5.74, 6) is 0. The predicted octanol–water partition coefficient (Wildman–Crippen LogP) is -0.930. The third-order valence-electron chi connectivity index (χ3n) is 1.44. The molecule has 0 aromatic carbocycles. The van der Waals surface area contributed by atoms with Crippen molar-refractivity contribution in [1.82, 2.24) is 0 Å². The van der Waals surface area contributed by atoms with E-state index < -0.39 is 12.2 Å². The van der Waals surface area contributed by atoms with E-state index in [1.54, 1.807) is 0 Å². The Morgan fingerprint density at radius 2 is 1.91 bits per heavy atom. The van der Waals surface area contributed by atoms with E-state index in [0.29, 0.717) is 19.1 Å². The first kappa shape index (κ1) is 10.6. The number of hydrogen-bond acceptors (Lipinski definition) is 4. The molecule has 0 aliphatic carbocycles. The number of hydrogen-bond donors (Lipinski definition) is 3. The van der Waals surface area contributed by atoms with Crippen LogP contribution in [-0.4, -0.2) is 40.4 Å². The van der Waals surface area contributed by atoms with Crippen LogP contribution < -0.4 is 0 Å². The minimum Gasteiger partial charge on any atom is -0.396 e. The van der Waals surface area contributed by atoms with Crippen molar-refractivity contribution in [2.75, 3.05) is 6.61 Å². The first-order valence-corrected chi connectivity index (χ1v) is 3.63. The Labute approximate surface area is 65.5 Å². The quantitative estimate of drug-likeness (QED) is 0.441. The summed E-state index contributed by atoms with van der Waals surface area (Å²) in [7, 11) is 0. The number of aliphatic hydroxyl groups is 3. The summed E-state index contributed by atoms with van der Waals surface area (Å²) < 4.78 is 0. The lowest BCUT2D eigenvalue weighted by Crippen LogP contribution is -2.26. The first-order valence-electron chi connectivity index (χ1n) is 3.63. The molecule has 0 fully saturated rings. The van der Waals surface area contributed by atoms with Crippen LogP contribution in [0.1, 0.15) is 19.3 Å². The van der Waals surface area contributed by atoms with Crippen LogP contribution in [-0.2, 0) is 4.79 Å². The zero-order chi connectivity index (χ0) is 8.69. The van der Waals surface area contributed by atoms with Crippen LogP contribution in [0.3, 0.4) is 0 Å². The van der Waals surface area contributed by atoms with E-state index in [9.17, 15) is 4.79 Å². The molecule has 11 heavy (non-hydrogen) atoms. The van der Waals surface area contributed by atoms with Crippen molar-refractivity contribution in [2.24, 2.45) is 0 Å². The molecule has 2 atom stereocenters. The number of carbonyl (C=O) groups is 1. The van der Waals surface area contributed by atoms with E-state index >= 15 is 0 Å². The van der Waals surface area contributed by atoms with Crippen LogP contribution in [0.25, 0.3) is 0 Å². The van der Waals surface area contributed by atoms with E-state index in [1.807, 2.05) is 0 Å². The summed E-state index contributed by atoms with van der Waals surface area (Å²) in [5, 5.41) is 26.4. The van der Waals surface area contributed by atoms with Gasteiger partial charge < -0.3 is 20.1 Å². The molecule has 3 N–H and O–H groups in total. The molecule has 2 unspecified atom stereocenters. The maximum atomic E-state index is 9.87. The maximum Gasteiger partial charge on any atom is 0.122 e. The van der Waals surface area contributed by atoms with Gasteiger partial charge in [0.25, 0.3) is 0 Å². The molecule has 0 bridgehead atoms. The molecule has 0 saturated carbocycles. The molecule has 0 amide bonds. The fourth-order valence-electron chi connectivity index (χ4n) is 0.748. The Kier molecular flexibility index (Phi) is 6.02. The zero-order valence-corrected chi connectivity index (χ0v) is 6.31. The van der Waals surface area contributed by atoms with Gasteiger partial charge in [-0.2, -0.15) is 0 Å². The number of aldehydes is 1. The summed E-state index contributed by atoms with van der Waals surface area (Å²) in [4.78, 5) is 9.87. The van der Waals surface area contributed by atoms with Gasteiger partial charge in [-0.05, 0) is 12.8 Å². The topological polar surface area (TPSA) is 77.8 Å². The highest BCUT2D eigenvalue weighted by Gasteiger charge is 2.14. The maximum absolute atomic E-state index is 9.87. The molecule has 0 radical (unpaired) electrons. The van der Waals surface area contributed by atoms with Gasteiger partial charge in [0.15, 0.2) is 0 Å². The monoisotopic (exact) mass is 162 g/mol. The molecule has 4 nitrogen and oxygen atoms in total. The fourth-order valence-corrected chi connectivity index (χ4v) is 0.748. The van der Waals surface area contributed by atoms with Gasteiger partial charge in [-0.25, -0.2) is 0 Å². The molecule has 0 heterocycles. The van der Waals surface area contributed by atoms with Gasteiger partial charge in [0.1, 0.15) is 6.29 Å². The van der Waals surface area contributed by atoms with Crippen molar-refractivity contribution in [3.8, 4) is 0 Å². The average molecular weight is 162 g/mol. The van der Waals surface area contributed by atoms with Gasteiger partial charge in [-0.15, -0.1) is 0 Å². The lowest BCUT2D eigenvalue weighted by Gasteiger charge is -2.14. The Hall–Kier alpha value is -0.450. The highest BCUT2D eigenvalue weighted by Crippen LogP contribution is 2.03. The standard InChI is InChI=1S/C7H14O4/c8-4-1-2-6(10)7(11)3-5-9/h5-8,10-11H,1-4H2. The summed E-state index contributed by atoms with van der Waals surface area (Å²) in [6.07, 6.45) is -0.603. The first-order chi connectivity index (χ1) is 5.22. The van der Waals surface area contributed by atoms with Crippen molar-refractivity contribution < 1.29 is 20.1 Å². The van der Waals surface area contributed by atoms with E-state index in [2.05, 4.69) is 0 Å². The molecule has 0 saturated heterocycles. The molecule has 0 spiro atoms. The Balaban J connectivity index is 3.45. The molecule has 0 aliphatic rings. The fraction of sp³-hybridized carbons (Fsp3) is 0.857. The van der Waals surface area contributed by atoms with Crippen LogP contribution in [0.2, 0.25) is 0 Å². The van der Waals surface area contributed by atoms with E-state index in [1.165, 1.54) is 0 Å². The molecule has 0 rings (SSSR count). The van der Waals surface area contributed by atoms with Crippen molar-refractivity contribution in [1.29, 1.82) is 0 Å². The van der Waals surface area contributed by atoms with Crippen LogP contribution in [0.5, 0.6) is 0 Å². The third-order valence-corrected chi connectivity index (χ3v) is 1.44. The molecule has 0 aliphatic heterocycles. The van der Waals surface area contributed by atoms with Gasteiger partial charge in [0.2, 0.25) is 0 Å². The number of carbonyl (C=O) groups excluding carboxylic acids is 1. The highest BCUT2D eigenvalue weighted by molar-refractivity contribution is 5.50. The smallest absolute Gasteiger partial charge is 0.122 e. The van der Waals surface area contributed by atoms with E-state index in [-0.39, 0.29) is 13.0 Å². The molecule has 4 heteroatoms. The summed E-state index contributed by atoms with van der Waals surface area (Å²) in [5.41, 5.74) is 0. The predicted molar refractivity (Wildman–Crippen MR) is 39.0 cm³/mol. The Morgan fingerprint density at radius 3 is 2.36 bits per heavy atom. The molecule has 0 aromatic rings. The average Bonchev–Trinajstić information content (AvgIpc) is 2.00. The van der Waals surface area contributed by atoms with Gasteiger partial charge in [-0.3, -0.25) is 0 Å².